The smallest absolute Gasteiger partial charge is 0.323 e. The summed E-state index contributed by atoms with van der Waals surface area (Å²) in [4.78, 5) is 20.0. The van der Waals surface area contributed by atoms with Gasteiger partial charge in [-0.1, -0.05) is 48.5 Å². The number of nitrogens with zero attached hydrogens (tertiary/aromatic N) is 2. The van der Waals surface area contributed by atoms with Crippen molar-refractivity contribution in [1.29, 1.82) is 0 Å². The maximum absolute atomic E-state index is 12.9. The minimum Gasteiger partial charge on any atom is -0.389 e. The zero-order valence-electron chi connectivity index (χ0n) is 21.2. The highest BCUT2D eigenvalue weighted by Gasteiger charge is 2.14. The number of aromatic nitrogens is 1. The highest BCUT2D eigenvalue weighted by atomic mass is 16.5. The monoisotopic (exact) mass is 496 g/mol. The van der Waals surface area contributed by atoms with E-state index in [1.54, 1.807) is 13.0 Å². The third kappa shape index (κ3) is 5.80. The summed E-state index contributed by atoms with van der Waals surface area (Å²) in [5.74, 6) is 0. The van der Waals surface area contributed by atoms with Crippen molar-refractivity contribution in [1.82, 2.24) is 9.88 Å². The van der Waals surface area contributed by atoms with Gasteiger partial charge >= 0.3 is 6.03 Å². The molecule has 3 N–H and O–H groups in total. The molecule has 5 rings (SSSR count). The number of rotatable bonds is 6. The number of aliphatic hydroxyl groups is 1. The summed E-state index contributed by atoms with van der Waals surface area (Å²) in [6.45, 7) is 7.86. The van der Waals surface area contributed by atoms with Gasteiger partial charge in [-0.15, -0.1) is 0 Å². The second-order valence-electron chi connectivity index (χ2n) is 9.46. The summed E-state index contributed by atoms with van der Waals surface area (Å²) in [5, 5.41) is 17.8. The predicted molar refractivity (Wildman–Crippen MR) is 148 cm³/mol. The van der Waals surface area contributed by atoms with E-state index >= 15 is 0 Å². The lowest BCUT2D eigenvalue weighted by atomic mass is 9.98. The SMILES string of the molecule is Cc1ccc(C(C)O)cc1NC(=O)Nc1ccc(-c2ccc(CN3CCOCC3)nc2)c2ccccc12. The van der Waals surface area contributed by atoms with Crippen LogP contribution in [0.2, 0.25) is 0 Å². The Morgan fingerprint density at radius 2 is 1.76 bits per heavy atom. The van der Waals surface area contributed by atoms with Gasteiger partial charge in [0.05, 0.1) is 30.7 Å². The second-order valence-corrected chi connectivity index (χ2v) is 9.46. The minimum atomic E-state index is -0.608. The zero-order chi connectivity index (χ0) is 25.8. The zero-order valence-corrected chi connectivity index (χ0v) is 21.2. The van der Waals surface area contributed by atoms with E-state index in [-0.39, 0.29) is 6.03 Å². The molecule has 2 amide bonds. The van der Waals surface area contributed by atoms with Crippen LogP contribution in [0.3, 0.4) is 0 Å². The summed E-state index contributed by atoms with van der Waals surface area (Å²) in [7, 11) is 0. The Kier molecular flexibility index (Phi) is 7.46. The third-order valence-electron chi connectivity index (χ3n) is 6.79. The Morgan fingerprint density at radius 3 is 2.49 bits per heavy atom. The molecule has 3 aromatic carbocycles. The molecule has 2 heterocycles. The summed E-state index contributed by atoms with van der Waals surface area (Å²) in [5.41, 5.74) is 6.19. The highest BCUT2D eigenvalue weighted by molar-refractivity contribution is 6.09. The van der Waals surface area contributed by atoms with Crippen LogP contribution in [0.25, 0.3) is 21.9 Å². The van der Waals surface area contributed by atoms with E-state index in [9.17, 15) is 9.90 Å². The first-order valence-corrected chi connectivity index (χ1v) is 12.6. The molecule has 1 saturated heterocycles. The van der Waals surface area contributed by atoms with E-state index in [0.29, 0.717) is 5.69 Å². The molecule has 0 bridgehead atoms. The predicted octanol–water partition coefficient (Wildman–Crippen LogP) is 5.74. The van der Waals surface area contributed by atoms with Crippen LogP contribution >= 0.6 is 0 Å². The molecule has 0 aliphatic carbocycles. The van der Waals surface area contributed by atoms with Gasteiger partial charge in [-0.25, -0.2) is 4.79 Å². The molecule has 1 aliphatic heterocycles. The fourth-order valence-corrected chi connectivity index (χ4v) is 4.64. The van der Waals surface area contributed by atoms with Gasteiger partial charge in [-0.2, -0.15) is 0 Å². The molecule has 0 saturated carbocycles. The maximum atomic E-state index is 12.9. The van der Waals surface area contributed by atoms with Crippen molar-refractivity contribution < 1.29 is 14.6 Å². The Morgan fingerprint density at radius 1 is 1.00 bits per heavy atom. The van der Waals surface area contributed by atoms with E-state index in [1.807, 2.05) is 55.6 Å². The van der Waals surface area contributed by atoms with Gasteiger partial charge in [-0.3, -0.25) is 9.88 Å². The lowest BCUT2D eigenvalue weighted by Gasteiger charge is -2.26. The first-order chi connectivity index (χ1) is 18.0. The molecule has 37 heavy (non-hydrogen) atoms. The molecule has 0 spiro atoms. The number of amides is 2. The largest absolute Gasteiger partial charge is 0.389 e. The number of pyridine rings is 1. The number of urea groups is 1. The summed E-state index contributed by atoms with van der Waals surface area (Å²) >= 11 is 0. The van der Waals surface area contributed by atoms with E-state index in [4.69, 9.17) is 9.72 Å². The van der Waals surface area contributed by atoms with Gasteiger partial charge < -0.3 is 20.5 Å². The molecule has 1 unspecified atom stereocenters. The molecule has 1 atom stereocenters. The van der Waals surface area contributed by atoms with Crippen molar-refractivity contribution in [3.63, 3.8) is 0 Å². The second kappa shape index (κ2) is 11.1. The van der Waals surface area contributed by atoms with Crippen molar-refractivity contribution in [3.05, 3.63) is 89.7 Å². The molecule has 1 aliphatic rings. The number of fused-ring (bicyclic) bond motifs is 1. The van der Waals surface area contributed by atoms with Crippen molar-refractivity contribution >= 4 is 28.2 Å². The fourth-order valence-electron chi connectivity index (χ4n) is 4.64. The van der Waals surface area contributed by atoms with Gasteiger partial charge in [0.1, 0.15) is 0 Å². The Bertz CT molecular complexity index is 1400. The number of morpholine rings is 1. The number of carbonyl (C=O) groups is 1. The quantitative estimate of drug-likeness (QED) is 0.317. The van der Waals surface area contributed by atoms with Gasteiger partial charge in [0.2, 0.25) is 0 Å². The van der Waals surface area contributed by atoms with Gasteiger partial charge in [0.15, 0.2) is 0 Å². The lowest BCUT2D eigenvalue weighted by Crippen LogP contribution is -2.35. The average Bonchev–Trinajstić information content (AvgIpc) is 2.91. The number of benzene rings is 3. The van der Waals surface area contributed by atoms with Crippen molar-refractivity contribution in [2.24, 2.45) is 0 Å². The highest BCUT2D eigenvalue weighted by Crippen LogP contribution is 2.33. The van der Waals surface area contributed by atoms with Gasteiger partial charge in [0, 0.05) is 42.5 Å². The average molecular weight is 497 g/mol. The number of hydrogen-bond donors (Lipinski definition) is 3. The number of hydrogen-bond acceptors (Lipinski definition) is 5. The number of aryl methyl sites for hydroxylation is 1. The molecule has 7 heteroatoms. The topological polar surface area (TPSA) is 86.7 Å². The van der Waals surface area contributed by atoms with Gasteiger partial charge in [-0.05, 0) is 54.1 Å². The molecule has 7 nitrogen and oxygen atoms in total. The molecule has 190 valence electrons. The Labute approximate surface area is 217 Å². The van der Waals surface area contributed by atoms with Crippen LogP contribution in [-0.4, -0.2) is 47.3 Å². The molecule has 1 fully saturated rings. The van der Waals surface area contributed by atoms with Crippen LogP contribution in [0.5, 0.6) is 0 Å². The van der Waals surface area contributed by atoms with Crippen molar-refractivity contribution in [2.75, 3.05) is 36.9 Å². The first kappa shape index (κ1) is 24.9. The number of carbonyl (C=O) groups excluding carboxylic acids is 1. The first-order valence-electron chi connectivity index (χ1n) is 12.6. The van der Waals surface area contributed by atoms with Crippen molar-refractivity contribution in [2.45, 2.75) is 26.5 Å². The Hall–Kier alpha value is -3.78. The lowest BCUT2D eigenvalue weighted by molar-refractivity contribution is 0.0336. The number of nitrogens with one attached hydrogen (secondary N) is 2. The summed E-state index contributed by atoms with van der Waals surface area (Å²) in [6.07, 6.45) is 1.32. The third-order valence-corrected chi connectivity index (χ3v) is 6.79. The van der Waals surface area contributed by atoms with Crippen LogP contribution < -0.4 is 10.6 Å². The molecular formula is C30H32N4O3. The van der Waals surface area contributed by atoms with Crippen LogP contribution in [0.1, 0.15) is 29.8 Å². The summed E-state index contributed by atoms with van der Waals surface area (Å²) in [6, 6.07) is 21.4. The van der Waals surface area contributed by atoms with Crippen LogP contribution in [0, 0.1) is 6.92 Å². The fraction of sp³-hybridized carbons (Fsp3) is 0.267. The molecule has 4 aromatic rings. The van der Waals surface area contributed by atoms with E-state index < -0.39 is 6.10 Å². The van der Waals surface area contributed by atoms with E-state index in [0.717, 1.165) is 77.3 Å². The number of aliphatic hydroxyl groups excluding tert-OH is 1. The Balaban J connectivity index is 1.36. The van der Waals surface area contributed by atoms with Crippen LogP contribution in [-0.2, 0) is 11.3 Å². The normalized spacial score (nSPS) is 14.9. The number of anilines is 2. The van der Waals surface area contributed by atoms with E-state index in [1.165, 1.54) is 0 Å². The molecule has 1 aromatic heterocycles. The molecule has 0 radical (unpaired) electrons. The maximum Gasteiger partial charge on any atom is 0.323 e. The van der Waals surface area contributed by atoms with Crippen LogP contribution in [0.4, 0.5) is 16.2 Å². The number of ether oxygens (including phenoxy) is 1. The summed E-state index contributed by atoms with van der Waals surface area (Å²) < 4.78 is 5.44. The van der Waals surface area contributed by atoms with E-state index in [2.05, 4.69) is 33.7 Å². The minimum absolute atomic E-state index is 0.335. The van der Waals surface area contributed by atoms with Crippen LogP contribution in [0.15, 0.2) is 72.9 Å². The van der Waals surface area contributed by atoms with Crippen molar-refractivity contribution in [3.8, 4) is 11.1 Å². The van der Waals surface area contributed by atoms with Gasteiger partial charge in [0.25, 0.3) is 0 Å². The molecular weight excluding hydrogens is 464 g/mol. The standard InChI is InChI=1S/C30H32N4O3/c1-20-7-8-22(21(2)35)17-29(20)33-30(36)32-28-12-11-25(26-5-3-4-6-27(26)28)23-9-10-24(31-18-23)19-34-13-15-37-16-14-34/h3-12,17-18,21,35H,13-16,19H2,1-2H3,(H2,32,33,36).